The highest BCUT2D eigenvalue weighted by Gasteiger charge is 2.32. The molecule has 0 aromatic heterocycles. The van der Waals surface area contributed by atoms with Crippen LogP contribution in [0.4, 0.5) is 4.39 Å². The molecule has 1 aromatic rings. The van der Waals surface area contributed by atoms with Crippen molar-refractivity contribution in [1.82, 2.24) is 5.32 Å². The number of hydrogen-bond donors (Lipinski definition) is 1. The lowest BCUT2D eigenvalue weighted by atomic mass is 10.1. The van der Waals surface area contributed by atoms with Gasteiger partial charge in [-0.15, -0.1) is 0 Å². The number of nitriles is 1. The number of rotatable bonds is 3. The molecule has 1 fully saturated rings. The molecule has 2 rings (SSSR count). The molecule has 1 amide bonds. The molecule has 0 heterocycles. The Hall–Kier alpha value is -1.41. The fraction of sp³-hybridized carbons (Fsp3) is 0.333. The molecule has 0 bridgehead atoms. The van der Waals surface area contributed by atoms with E-state index in [1.165, 1.54) is 18.2 Å². The molecule has 1 aliphatic rings. The second kappa shape index (κ2) is 4.84. The van der Waals surface area contributed by atoms with Gasteiger partial charge in [0.25, 0.3) is 5.91 Å². The third-order valence-corrected chi connectivity index (χ3v) is 3.31. The Labute approximate surface area is 107 Å². The van der Waals surface area contributed by atoms with Crippen LogP contribution in [0, 0.1) is 23.1 Å². The van der Waals surface area contributed by atoms with Crippen LogP contribution in [0.3, 0.4) is 0 Å². The molecule has 88 valence electrons. The zero-order valence-electron chi connectivity index (χ0n) is 8.91. The summed E-state index contributed by atoms with van der Waals surface area (Å²) in [4.78, 5) is 11.8. The van der Waals surface area contributed by atoms with Crippen LogP contribution in [0.5, 0.6) is 0 Å². The van der Waals surface area contributed by atoms with Crippen molar-refractivity contribution in [3.8, 4) is 6.07 Å². The molecule has 5 heteroatoms. The Morgan fingerprint density at radius 2 is 2.29 bits per heavy atom. The summed E-state index contributed by atoms with van der Waals surface area (Å²) in [7, 11) is 0. The molecule has 0 saturated heterocycles. The van der Waals surface area contributed by atoms with Gasteiger partial charge in [-0.2, -0.15) is 5.26 Å². The van der Waals surface area contributed by atoms with E-state index in [4.69, 9.17) is 5.26 Å². The van der Waals surface area contributed by atoms with Crippen LogP contribution in [0.2, 0.25) is 0 Å². The molecule has 1 saturated carbocycles. The van der Waals surface area contributed by atoms with Crippen molar-refractivity contribution < 1.29 is 9.18 Å². The van der Waals surface area contributed by atoms with Crippen molar-refractivity contribution in [2.75, 3.05) is 0 Å². The summed E-state index contributed by atoms with van der Waals surface area (Å²) in [6, 6.07) is 5.66. The number of halogens is 2. The van der Waals surface area contributed by atoms with E-state index in [0.717, 1.165) is 12.8 Å². The predicted molar refractivity (Wildman–Crippen MR) is 63.7 cm³/mol. The normalized spacial score (nSPS) is 16.1. The van der Waals surface area contributed by atoms with Gasteiger partial charge in [0, 0.05) is 5.56 Å². The van der Waals surface area contributed by atoms with Crippen molar-refractivity contribution in [2.24, 2.45) is 5.92 Å². The largest absolute Gasteiger partial charge is 0.336 e. The van der Waals surface area contributed by atoms with Crippen molar-refractivity contribution in [3.63, 3.8) is 0 Å². The molecular formula is C12H10BrFN2O. The lowest BCUT2D eigenvalue weighted by Gasteiger charge is -2.10. The molecule has 0 aliphatic heterocycles. The first-order valence-corrected chi connectivity index (χ1v) is 6.06. The minimum Gasteiger partial charge on any atom is -0.336 e. The lowest BCUT2D eigenvalue weighted by Crippen LogP contribution is -2.35. The van der Waals surface area contributed by atoms with Gasteiger partial charge in [0.05, 0.1) is 10.5 Å². The number of amides is 1. The average molecular weight is 297 g/mol. The average Bonchev–Trinajstić information content (AvgIpc) is 3.13. The molecule has 3 nitrogen and oxygen atoms in total. The molecule has 17 heavy (non-hydrogen) atoms. The fourth-order valence-electron chi connectivity index (χ4n) is 1.55. The quantitative estimate of drug-likeness (QED) is 0.932. The van der Waals surface area contributed by atoms with Gasteiger partial charge in [-0.05, 0) is 52.9 Å². The molecule has 0 radical (unpaired) electrons. The second-order valence-corrected chi connectivity index (χ2v) is 4.90. The van der Waals surface area contributed by atoms with Crippen molar-refractivity contribution >= 4 is 21.8 Å². The summed E-state index contributed by atoms with van der Waals surface area (Å²) in [6.07, 6.45) is 1.96. The van der Waals surface area contributed by atoms with E-state index in [9.17, 15) is 9.18 Å². The van der Waals surface area contributed by atoms with E-state index in [0.29, 0.717) is 5.56 Å². The highest BCUT2D eigenvalue weighted by atomic mass is 79.9. The Kier molecular flexibility index (Phi) is 3.43. The van der Waals surface area contributed by atoms with E-state index in [1.54, 1.807) is 0 Å². The maximum absolute atomic E-state index is 13.0. The smallest absolute Gasteiger partial charge is 0.252 e. The van der Waals surface area contributed by atoms with Crippen LogP contribution in [-0.4, -0.2) is 11.9 Å². The Balaban J connectivity index is 2.08. The number of nitrogens with zero attached hydrogens (tertiary/aromatic N) is 1. The number of benzene rings is 1. The Bertz CT molecular complexity index is 494. The summed E-state index contributed by atoms with van der Waals surface area (Å²) < 4.78 is 13.2. The van der Waals surface area contributed by atoms with Crippen LogP contribution in [0.1, 0.15) is 23.2 Å². The minimum absolute atomic E-state index is 0.241. The van der Waals surface area contributed by atoms with Gasteiger partial charge in [0.1, 0.15) is 11.9 Å². The molecule has 1 aromatic carbocycles. The minimum atomic E-state index is -0.439. The molecular weight excluding hydrogens is 287 g/mol. The molecule has 1 aliphatic carbocycles. The summed E-state index contributed by atoms with van der Waals surface area (Å²) in [5.74, 6) is -0.488. The van der Waals surface area contributed by atoms with Crippen LogP contribution < -0.4 is 5.32 Å². The predicted octanol–water partition coefficient (Wildman–Crippen LogP) is 2.62. The Morgan fingerprint density at radius 3 is 2.82 bits per heavy atom. The summed E-state index contributed by atoms with van der Waals surface area (Å²) in [6.45, 7) is 0. The van der Waals surface area contributed by atoms with Gasteiger partial charge in [-0.25, -0.2) is 4.39 Å². The van der Waals surface area contributed by atoms with Crippen LogP contribution >= 0.6 is 15.9 Å². The van der Waals surface area contributed by atoms with Crippen molar-refractivity contribution in [1.29, 1.82) is 5.26 Å². The van der Waals surface area contributed by atoms with Crippen LogP contribution in [0.25, 0.3) is 0 Å². The van der Waals surface area contributed by atoms with E-state index in [1.807, 2.05) is 0 Å². The van der Waals surface area contributed by atoms with Crippen LogP contribution in [0.15, 0.2) is 22.7 Å². The highest BCUT2D eigenvalue weighted by molar-refractivity contribution is 9.10. The van der Waals surface area contributed by atoms with E-state index in [2.05, 4.69) is 27.3 Å². The number of nitrogens with one attached hydrogen (secondary N) is 1. The third-order valence-electron chi connectivity index (χ3n) is 2.70. The first kappa shape index (κ1) is 12.1. The number of carbonyl (C=O) groups excluding carboxylic acids is 1. The maximum Gasteiger partial charge on any atom is 0.252 e. The zero-order valence-corrected chi connectivity index (χ0v) is 10.5. The highest BCUT2D eigenvalue weighted by Crippen LogP contribution is 2.32. The first-order chi connectivity index (χ1) is 8.11. The van der Waals surface area contributed by atoms with Gasteiger partial charge in [0.2, 0.25) is 0 Å². The molecule has 1 unspecified atom stereocenters. The van der Waals surface area contributed by atoms with Crippen molar-refractivity contribution in [2.45, 2.75) is 18.9 Å². The Morgan fingerprint density at radius 1 is 1.59 bits per heavy atom. The third kappa shape index (κ3) is 2.83. The first-order valence-electron chi connectivity index (χ1n) is 5.27. The molecule has 0 spiro atoms. The monoisotopic (exact) mass is 296 g/mol. The SMILES string of the molecule is N#CC(NC(=O)c1ccc(F)c(Br)c1)C1CC1. The van der Waals surface area contributed by atoms with Gasteiger partial charge in [-0.1, -0.05) is 0 Å². The van der Waals surface area contributed by atoms with Gasteiger partial charge in [-0.3, -0.25) is 4.79 Å². The second-order valence-electron chi connectivity index (χ2n) is 4.05. The summed E-state index contributed by atoms with van der Waals surface area (Å²) >= 11 is 3.02. The summed E-state index contributed by atoms with van der Waals surface area (Å²) in [5, 5.41) is 11.5. The number of carbonyl (C=O) groups is 1. The maximum atomic E-state index is 13.0. The standard InChI is InChI=1S/C12H10BrFN2O/c13-9-5-8(3-4-10(9)14)12(17)16-11(6-15)7-1-2-7/h3-5,7,11H,1-2H2,(H,16,17). The number of hydrogen-bond acceptors (Lipinski definition) is 2. The fourth-order valence-corrected chi connectivity index (χ4v) is 1.93. The van der Waals surface area contributed by atoms with Gasteiger partial charge < -0.3 is 5.32 Å². The van der Waals surface area contributed by atoms with Crippen molar-refractivity contribution in [3.05, 3.63) is 34.1 Å². The zero-order chi connectivity index (χ0) is 12.4. The van der Waals surface area contributed by atoms with E-state index < -0.39 is 11.9 Å². The molecule has 1 atom stereocenters. The van der Waals surface area contributed by atoms with Gasteiger partial charge >= 0.3 is 0 Å². The van der Waals surface area contributed by atoms with E-state index in [-0.39, 0.29) is 16.3 Å². The van der Waals surface area contributed by atoms with Gasteiger partial charge in [0.15, 0.2) is 0 Å². The van der Waals surface area contributed by atoms with Crippen LogP contribution in [-0.2, 0) is 0 Å². The summed E-state index contributed by atoms with van der Waals surface area (Å²) in [5.41, 5.74) is 0.346. The lowest BCUT2D eigenvalue weighted by molar-refractivity contribution is 0.0942. The van der Waals surface area contributed by atoms with E-state index >= 15 is 0 Å². The topological polar surface area (TPSA) is 52.9 Å². The molecule has 1 N–H and O–H groups in total.